The molecule has 2 fully saturated rings. The van der Waals surface area contributed by atoms with E-state index < -0.39 is 24.9 Å². The standard InChI is InChI=1S/2C9H18F2N2/c2*1-6(9(10)11)13-8-4-2-7(12)3-5-8/h2*6-9,13H,2-5,12H2,1H3/t2*6-,7?,8?/m10/s1. The normalized spacial score (nSPS) is 32.1. The van der Waals surface area contributed by atoms with Gasteiger partial charge in [-0.15, -0.1) is 0 Å². The fraction of sp³-hybridized carbons (Fsp3) is 1.00. The fourth-order valence-corrected chi connectivity index (χ4v) is 3.46. The van der Waals surface area contributed by atoms with Gasteiger partial charge in [-0.1, -0.05) is 0 Å². The van der Waals surface area contributed by atoms with Crippen molar-refractivity contribution >= 4 is 0 Å². The lowest BCUT2D eigenvalue weighted by atomic mass is 9.91. The van der Waals surface area contributed by atoms with Gasteiger partial charge in [-0.3, -0.25) is 0 Å². The Labute approximate surface area is 154 Å². The van der Waals surface area contributed by atoms with Crippen molar-refractivity contribution in [2.45, 2.75) is 114 Å². The van der Waals surface area contributed by atoms with Crippen molar-refractivity contribution in [2.24, 2.45) is 11.5 Å². The van der Waals surface area contributed by atoms with E-state index in [4.69, 9.17) is 11.5 Å². The molecule has 0 aromatic heterocycles. The first-order valence-electron chi connectivity index (χ1n) is 9.78. The van der Waals surface area contributed by atoms with Crippen LogP contribution in [0.25, 0.3) is 0 Å². The molecule has 0 heterocycles. The Balaban J connectivity index is 0.000000260. The molecule has 4 nitrogen and oxygen atoms in total. The second-order valence-electron chi connectivity index (χ2n) is 7.80. The molecule has 0 unspecified atom stereocenters. The molecule has 2 saturated carbocycles. The molecule has 0 aromatic carbocycles. The number of halogens is 4. The van der Waals surface area contributed by atoms with Crippen LogP contribution in [0.4, 0.5) is 17.6 Å². The van der Waals surface area contributed by atoms with Gasteiger partial charge in [0.15, 0.2) is 0 Å². The molecule has 8 heteroatoms. The minimum atomic E-state index is -2.27. The molecule has 6 N–H and O–H groups in total. The third kappa shape index (κ3) is 9.48. The van der Waals surface area contributed by atoms with Crippen molar-refractivity contribution in [3.8, 4) is 0 Å². The van der Waals surface area contributed by atoms with Gasteiger partial charge < -0.3 is 22.1 Å². The molecule has 0 amide bonds. The summed E-state index contributed by atoms with van der Waals surface area (Å²) in [6.07, 6.45) is 2.99. The minimum Gasteiger partial charge on any atom is -0.328 e. The average molecular weight is 385 g/mol. The molecule has 0 radical (unpaired) electrons. The second kappa shape index (κ2) is 12.1. The van der Waals surface area contributed by atoms with E-state index in [1.165, 1.54) is 13.8 Å². The van der Waals surface area contributed by atoms with Crippen LogP contribution in [0.1, 0.15) is 65.2 Å². The summed E-state index contributed by atoms with van der Waals surface area (Å²) >= 11 is 0. The Morgan fingerprint density at radius 3 is 1.12 bits per heavy atom. The van der Waals surface area contributed by atoms with E-state index in [-0.39, 0.29) is 24.2 Å². The lowest BCUT2D eigenvalue weighted by Gasteiger charge is -2.29. The predicted molar refractivity (Wildman–Crippen MR) is 97.7 cm³/mol. The maximum absolute atomic E-state index is 12.2. The molecule has 156 valence electrons. The minimum absolute atomic E-state index is 0.240. The van der Waals surface area contributed by atoms with Crippen LogP contribution in [0.2, 0.25) is 0 Å². The van der Waals surface area contributed by atoms with Gasteiger partial charge in [-0.2, -0.15) is 0 Å². The Bertz CT molecular complexity index is 323. The van der Waals surface area contributed by atoms with E-state index in [9.17, 15) is 17.6 Å². The predicted octanol–water partition coefficient (Wildman–Crippen LogP) is 3.00. The molecule has 0 aliphatic heterocycles. The van der Waals surface area contributed by atoms with Crippen molar-refractivity contribution in [3.05, 3.63) is 0 Å². The molecule has 0 aromatic rings. The summed E-state index contributed by atoms with van der Waals surface area (Å²) in [7, 11) is 0. The van der Waals surface area contributed by atoms with Crippen LogP contribution in [0.5, 0.6) is 0 Å². The van der Waals surface area contributed by atoms with E-state index in [1.807, 2.05) is 0 Å². The molecule has 2 rings (SSSR count). The van der Waals surface area contributed by atoms with Crippen LogP contribution in [-0.4, -0.2) is 49.1 Å². The highest BCUT2D eigenvalue weighted by Crippen LogP contribution is 2.19. The number of nitrogens with two attached hydrogens (primary N) is 2. The van der Waals surface area contributed by atoms with Crippen LogP contribution in [-0.2, 0) is 0 Å². The highest BCUT2D eigenvalue weighted by atomic mass is 19.3. The molecular weight excluding hydrogens is 348 g/mol. The van der Waals surface area contributed by atoms with Crippen LogP contribution in [0, 0.1) is 0 Å². The summed E-state index contributed by atoms with van der Waals surface area (Å²) in [5.74, 6) is 0. The molecule has 0 saturated heterocycles. The summed E-state index contributed by atoms with van der Waals surface area (Å²) in [6, 6.07) is -0.355. The summed E-state index contributed by atoms with van der Waals surface area (Å²) in [4.78, 5) is 0. The largest absolute Gasteiger partial charge is 0.328 e. The van der Waals surface area contributed by atoms with Gasteiger partial charge in [-0.25, -0.2) is 17.6 Å². The van der Waals surface area contributed by atoms with Crippen LogP contribution in [0.15, 0.2) is 0 Å². The SMILES string of the molecule is C[C@@H](NC1CCC(N)CC1)C(F)F.C[C@H](NC1CCC(N)CC1)C(F)F. The fourth-order valence-electron chi connectivity index (χ4n) is 3.46. The first kappa shape index (κ1) is 23.6. The maximum atomic E-state index is 12.2. The highest BCUT2D eigenvalue weighted by Gasteiger charge is 2.24. The van der Waals surface area contributed by atoms with Crippen LogP contribution in [0.3, 0.4) is 0 Å². The molecule has 2 aliphatic carbocycles. The van der Waals surface area contributed by atoms with E-state index in [0.29, 0.717) is 0 Å². The zero-order chi connectivity index (χ0) is 19.7. The van der Waals surface area contributed by atoms with Crippen molar-refractivity contribution in [3.63, 3.8) is 0 Å². The first-order valence-corrected chi connectivity index (χ1v) is 9.78. The molecule has 0 bridgehead atoms. The molecule has 2 atom stereocenters. The quantitative estimate of drug-likeness (QED) is 0.531. The van der Waals surface area contributed by atoms with Gasteiger partial charge in [-0.05, 0) is 65.2 Å². The number of hydrogen-bond acceptors (Lipinski definition) is 4. The summed E-state index contributed by atoms with van der Waals surface area (Å²) < 4.78 is 48.7. The van der Waals surface area contributed by atoms with Crippen molar-refractivity contribution in [1.82, 2.24) is 10.6 Å². The smallest absolute Gasteiger partial charge is 0.253 e. The highest BCUT2D eigenvalue weighted by molar-refractivity contribution is 4.82. The van der Waals surface area contributed by atoms with Crippen LogP contribution < -0.4 is 22.1 Å². The topological polar surface area (TPSA) is 76.1 Å². The number of rotatable bonds is 6. The van der Waals surface area contributed by atoms with E-state index >= 15 is 0 Å². The second-order valence-corrected chi connectivity index (χ2v) is 7.80. The third-order valence-corrected chi connectivity index (χ3v) is 5.30. The van der Waals surface area contributed by atoms with E-state index in [2.05, 4.69) is 10.6 Å². The van der Waals surface area contributed by atoms with E-state index in [1.54, 1.807) is 0 Å². The maximum Gasteiger partial charge on any atom is 0.253 e. The Morgan fingerprint density at radius 1 is 0.615 bits per heavy atom. The molecule has 0 spiro atoms. The molecule has 26 heavy (non-hydrogen) atoms. The number of hydrogen-bond donors (Lipinski definition) is 4. The van der Waals surface area contributed by atoms with E-state index in [0.717, 1.165) is 51.4 Å². The Hall–Kier alpha value is -0.440. The number of alkyl halides is 4. The summed E-state index contributed by atoms with van der Waals surface area (Å²) in [6.45, 7) is 3.05. The zero-order valence-corrected chi connectivity index (χ0v) is 15.9. The van der Waals surface area contributed by atoms with Gasteiger partial charge in [0.25, 0.3) is 12.9 Å². The lowest BCUT2D eigenvalue weighted by Crippen LogP contribution is -2.44. The van der Waals surface area contributed by atoms with Gasteiger partial charge in [0, 0.05) is 24.2 Å². The number of nitrogens with one attached hydrogen (secondary N) is 2. The summed E-state index contributed by atoms with van der Waals surface area (Å²) in [5, 5.41) is 5.87. The molecule has 2 aliphatic rings. The zero-order valence-electron chi connectivity index (χ0n) is 15.9. The van der Waals surface area contributed by atoms with Crippen LogP contribution >= 0.6 is 0 Å². The lowest BCUT2D eigenvalue weighted by molar-refractivity contribution is 0.0955. The average Bonchev–Trinajstić information content (AvgIpc) is 2.59. The Kier molecular flexibility index (Phi) is 11.0. The van der Waals surface area contributed by atoms with Gasteiger partial charge in [0.1, 0.15) is 0 Å². The third-order valence-electron chi connectivity index (χ3n) is 5.30. The van der Waals surface area contributed by atoms with Crippen molar-refractivity contribution in [2.75, 3.05) is 0 Å². The summed E-state index contributed by atoms with van der Waals surface area (Å²) in [5.41, 5.74) is 11.4. The molecular formula is C18H36F4N4. The van der Waals surface area contributed by atoms with Crippen molar-refractivity contribution < 1.29 is 17.6 Å². The first-order chi connectivity index (χ1) is 12.2. The van der Waals surface area contributed by atoms with Crippen molar-refractivity contribution in [1.29, 1.82) is 0 Å². The Morgan fingerprint density at radius 2 is 0.885 bits per heavy atom. The van der Waals surface area contributed by atoms with Gasteiger partial charge in [0.05, 0.1) is 12.1 Å². The monoisotopic (exact) mass is 384 g/mol. The van der Waals surface area contributed by atoms with Gasteiger partial charge >= 0.3 is 0 Å². The van der Waals surface area contributed by atoms with Gasteiger partial charge in [0.2, 0.25) is 0 Å².